The molecule has 0 fully saturated rings. The van der Waals surface area contributed by atoms with E-state index in [1.165, 1.54) is 33.0 Å². The van der Waals surface area contributed by atoms with E-state index in [1.54, 1.807) is 6.20 Å². The zero-order chi connectivity index (χ0) is 28.7. The number of pyridine rings is 1. The van der Waals surface area contributed by atoms with Crippen LogP contribution >= 0.6 is 0 Å². The van der Waals surface area contributed by atoms with E-state index in [9.17, 15) is 5.26 Å². The Morgan fingerprint density at radius 3 is 2.08 bits per heavy atom. The van der Waals surface area contributed by atoms with Gasteiger partial charge in [0.2, 0.25) is 0 Å². The van der Waals surface area contributed by atoms with Gasteiger partial charge in [0.25, 0.3) is 0 Å². The molecule has 0 aliphatic rings. The molecule has 0 radical (unpaired) electrons. The number of hydrogen-bond donors (Lipinski definition) is 0. The highest BCUT2D eigenvalue weighted by molar-refractivity contribution is 5.91. The number of benzene rings is 4. The Bertz CT molecular complexity index is 1740. The molecule has 200 valence electrons. The maximum atomic E-state index is 9.97. The summed E-state index contributed by atoms with van der Waals surface area (Å²) in [6, 6.07) is 32.9. The minimum absolute atomic E-state index is 0.0115. The lowest BCUT2D eigenvalue weighted by molar-refractivity contribution is 0.411. The number of aryl methyl sites for hydroxylation is 1. The molecule has 2 nitrogen and oxygen atoms in total. The van der Waals surface area contributed by atoms with E-state index < -0.39 is 0 Å². The van der Waals surface area contributed by atoms with Gasteiger partial charge < -0.3 is 0 Å². The van der Waals surface area contributed by atoms with E-state index in [2.05, 4.69) is 139 Å². The first-order valence-corrected chi connectivity index (χ1v) is 14.1. The van der Waals surface area contributed by atoms with Gasteiger partial charge in [-0.2, -0.15) is 5.26 Å². The van der Waals surface area contributed by atoms with E-state index in [-0.39, 0.29) is 10.8 Å². The molecular formula is C38H38N2. The summed E-state index contributed by atoms with van der Waals surface area (Å²) in [5, 5.41) is 12.4. The molecule has 40 heavy (non-hydrogen) atoms. The molecule has 0 saturated carbocycles. The molecule has 0 N–H and O–H groups in total. The van der Waals surface area contributed by atoms with Gasteiger partial charge in [0, 0.05) is 17.3 Å². The van der Waals surface area contributed by atoms with E-state index in [1.807, 2.05) is 0 Å². The number of hydrogen-bond acceptors (Lipinski definition) is 2. The molecular weight excluding hydrogens is 484 g/mol. The summed E-state index contributed by atoms with van der Waals surface area (Å²) in [4.78, 5) is 4.74. The molecule has 0 spiro atoms. The largest absolute Gasteiger partial charge is 0.255 e. The maximum absolute atomic E-state index is 9.97. The van der Waals surface area contributed by atoms with Crippen LogP contribution in [0.1, 0.15) is 63.8 Å². The van der Waals surface area contributed by atoms with Crippen LogP contribution in [0, 0.1) is 23.7 Å². The van der Waals surface area contributed by atoms with E-state index in [0.29, 0.717) is 5.56 Å². The number of aromatic nitrogens is 1. The molecule has 0 unspecified atom stereocenters. The molecule has 0 aliphatic heterocycles. The SMILES string of the molecule is Cc1cc(-c2ccc(CC(C)(C)C)cc2)ccc1-c1cc(-c2cc(C(C)(C)C)c3ccccc3c2)ncc1C#N. The summed E-state index contributed by atoms with van der Waals surface area (Å²) in [5.41, 5.74) is 10.9. The van der Waals surface area contributed by atoms with Crippen LogP contribution in [0.4, 0.5) is 0 Å². The zero-order valence-electron chi connectivity index (χ0n) is 24.8. The minimum atomic E-state index is -0.0115. The molecule has 5 rings (SSSR count). The highest BCUT2D eigenvalue weighted by atomic mass is 14.7. The van der Waals surface area contributed by atoms with Crippen LogP contribution in [-0.4, -0.2) is 4.98 Å². The molecule has 0 saturated heterocycles. The van der Waals surface area contributed by atoms with Gasteiger partial charge in [-0.3, -0.25) is 4.98 Å². The first-order chi connectivity index (χ1) is 18.9. The Balaban J connectivity index is 1.55. The summed E-state index contributed by atoms with van der Waals surface area (Å²) in [5.74, 6) is 0. The van der Waals surface area contributed by atoms with Crippen molar-refractivity contribution in [2.45, 2.75) is 60.3 Å². The highest BCUT2D eigenvalue weighted by Crippen LogP contribution is 2.37. The first kappa shape index (κ1) is 27.4. The van der Waals surface area contributed by atoms with Crippen LogP contribution in [0.2, 0.25) is 0 Å². The second-order valence-corrected chi connectivity index (χ2v) is 13.2. The Hall–Kier alpha value is -4.22. The lowest BCUT2D eigenvalue weighted by atomic mass is 9.82. The first-order valence-electron chi connectivity index (χ1n) is 14.1. The standard InChI is InChI=1S/C38H38N2/c1-25-18-28(27-14-12-26(13-15-27)22-37(2,3)4)16-17-32(25)34-21-36(40-24-31(34)23-39)30-19-29-10-8-9-11-33(29)35(20-30)38(5,6)7/h8-21,24H,22H2,1-7H3. The number of fused-ring (bicyclic) bond motifs is 1. The third-order valence-corrected chi connectivity index (χ3v) is 7.53. The maximum Gasteiger partial charge on any atom is 0.101 e. The molecule has 0 amide bonds. The smallest absolute Gasteiger partial charge is 0.101 e. The van der Waals surface area contributed by atoms with Crippen molar-refractivity contribution in [3.8, 4) is 39.6 Å². The Morgan fingerprint density at radius 1 is 0.725 bits per heavy atom. The normalized spacial score (nSPS) is 11.9. The lowest BCUT2D eigenvalue weighted by Gasteiger charge is -2.23. The van der Waals surface area contributed by atoms with Gasteiger partial charge in [-0.15, -0.1) is 0 Å². The third-order valence-electron chi connectivity index (χ3n) is 7.53. The Kier molecular flexibility index (Phi) is 7.11. The Labute approximate surface area is 239 Å². The van der Waals surface area contributed by atoms with Gasteiger partial charge in [-0.25, -0.2) is 0 Å². The van der Waals surface area contributed by atoms with Crippen molar-refractivity contribution in [3.63, 3.8) is 0 Å². The predicted molar refractivity (Wildman–Crippen MR) is 169 cm³/mol. The minimum Gasteiger partial charge on any atom is -0.255 e. The van der Waals surface area contributed by atoms with Crippen molar-refractivity contribution in [1.82, 2.24) is 4.98 Å². The van der Waals surface area contributed by atoms with Crippen LogP contribution in [0.15, 0.2) is 91.1 Å². The van der Waals surface area contributed by atoms with Crippen LogP contribution in [0.3, 0.4) is 0 Å². The average molecular weight is 523 g/mol. The molecule has 0 bridgehead atoms. The van der Waals surface area contributed by atoms with Gasteiger partial charge in [-0.05, 0) is 86.5 Å². The third kappa shape index (κ3) is 5.70. The number of nitrogens with zero attached hydrogens (tertiary/aromatic N) is 2. The van der Waals surface area contributed by atoms with Crippen LogP contribution in [-0.2, 0) is 11.8 Å². The summed E-state index contributed by atoms with van der Waals surface area (Å²) < 4.78 is 0. The van der Waals surface area contributed by atoms with Gasteiger partial charge in [0.05, 0.1) is 11.3 Å². The van der Waals surface area contributed by atoms with Crippen molar-refractivity contribution in [3.05, 3.63) is 113 Å². The summed E-state index contributed by atoms with van der Waals surface area (Å²) >= 11 is 0. The Morgan fingerprint density at radius 2 is 1.43 bits per heavy atom. The lowest BCUT2D eigenvalue weighted by Crippen LogP contribution is -2.12. The molecule has 2 heteroatoms. The highest BCUT2D eigenvalue weighted by Gasteiger charge is 2.19. The molecule has 1 heterocycles. The van der Waals surface area contributed by atoms with Gasteiger partial charge in [-0.1, -0.05) is 108 Å². The van der Waals surface area contributed by atoms with Gasteiger partial charge in [0.1, 0.15) is 6.07 Å². The second-order valence-electron chi connectivity index (χ2n) is 13.2. The van der Waals surface area contributed by atoms with Gasteiger partial charge in [0.15, 0.2) is 0 Å². The number of nitriles is 1. The van der Waals surface area contributed by atoms with Crippen molar-refractivity contribution >= 4 is 10.8 Å². The molecule has 0 atom stereocenters. The molecule has 0 aliphatic carbocycles. The van der Waals surface area contributed by atoms with Crippen LogP contribution in [0.5, 0.6) is 0 Å². The van der Waals surface area contributed by atoms with E-state index >= 15 is 0 Å². The summed E-state index contributed by atoms with van der Waals surface area (Å²) in [7, 11) is 0. The van der Waals surface area contributed by atoms with E-state index in [4.69, 9.17) is 4.98 Å². The average Bonchev–Trinajstić information content (AvgIpc) is 2.91. The number of rotatable bonds is 4. The van der Waals surface area contributed by atoms with Crippen LogP contribution in [0.25, 0.3) is 44.3 Å². The topological polar surface area (TPSA) is 36.7 Å². The van der Waals surface area contributed by atoms with Crippen LogP contribution < -0.4 is 0 Å². The summed E-state index contributed by atoms with van der Waals surface area (Å²) in [6.07, 6.45) is 2.78. The molecule has 1 aromatic heterocycles. The fourth-order valence-corrected chi connectivity index (χ4v) is 5.58. The summed E-state index contributed by atoms with van der Waals surface area (Å²) in [6.45, 7) is 15.7. The fraction of sp³-hybridized carbons (Fsp3) is 0.263. The predicted octanol–water partition coefficient (Wildman–Crippen LogP) is 10.3. The quantitative estimate of drug-likeness (QED) is 0.235. The van der Waals surface area contributed by atoms with E-state index in [0.717, 1.165) is 34.4 Å². The van der Waals surface area contributed by atoms with Crippen molar-refractivity contribution in [2.75, 3.05) is 0 Å². The van der Waals surface area contributed by atoms with Crippen molar-refractivity contribution in [2.24, 2.45) is 5.41 Å². The molecule has 5 aromatic rings. The zero-order valence-corrected chi connectivity index (χ0v) is 24.8. The molecule has 4 aromatic carbocycles. The fourth-order valence-electron chi connectivity index (χ4n) is 5.58. The van der Waals surface area contributed by atoms with Gasteiger partial charge >= 0.3 is 0 Å². The monoisotopic (exact) mass is 522 g/mol. The van der Waals surface area contributed by atoms with Crippen molar-refractivity contribution in [1.29, 1.82) is 5.26 Å². The second kappa shape index (κ2) is 10.4. The van der Waals surface area contributed by atoms with Crippen molar-refractivity contribution < 1.29 is 0 Å².